The number of rotatable bonds is 4. The van der Waals surface area contributed by atoms with Crippen molar-refractivity contribution in [1.82, 2.24) is 15.1 Å². The molecule has 1 aliphatic heterocycles. The summed E-state index contributed by atoms with van der Waals surface area (Å²) in [6.45, 7) is 7.13. The molecule has 0 spiro atoms. The van der Waals surface area contributed by atoms with Gasteiger partial charge in [0.05, 0.1) is 0 Å². The second-order valence-electron chi connectivity index (χ2n) is 5.99. The highest BCUT2D eigenvalue weighted by molar-refractivity contribution is 7.09. The summed E-state index contributed by atoms with van der Waals surface area (Å²) in [6, 6.07) is 12.6. The monoisotopic (exact) mass is 329 g/mol. The Morgan fingerprint density at radius 3 is 2.70 bits per heavy atom. The Morgan fingerprint density at radius 2 is 2.00 bits per heavy atom. The van der Waals surface area contributed by atoms with Gasteiger partial charge in [-0.05, 0) is 23.9 Å². The molecule has 0 radical (unpaired) electrons. The zero-order valence-electron chi connectivity index (χ0n) is 13.5. The highest BCUT2D eigenvalue weighted by Gasteiger charge is 2.20. The highest BCUT2D eigenvalue weighted by Crippen LogP contribution is 2.13. The van der Waals surface area contributed by atoms with Gasteiger partial charge in [-0.1, -0.05) is 35.9 Å². The van der Waals surface area contributed by atoms with E-state index in [2.05, 4.69) is 46.8 Å². The van der Waals surface area contributed by atoms with E-state index < -0.39 is 0 Å². The number of amides is 2. The number of nitrogens with zero attached hydrogens (tertiary/aromatic N) is 2. The molecule has 1 fully saturated rings. The van der Waals surface area contributed by atoms with Crippen LogP contribution in [0.15, 0.2) is 41.8 Å². The second-order valence-corrected chi connectivity index (χ2v) is 7.02. The first-order valence-electron chi connectivity index (χ1n) is 8.04. The lowest BCUT2D eigenvalue weighted by atomic mass is 10.1. The fourth-order valence-corrected chi connectivity index (χ4v) is 3.59. The van der Waals surface area contributed by atoms with E-state index in [0.717, 1.165) is 38.3 Å². The van der Waals surface area contributed by atoms with Gasteiger partial charge < -0.3 is 10.2 Å². The smallest absolute Gasteiger partial charge is 0.317 e. The topological polar surface area (TPSA) is 35.6 Å². The minimum atomic E-state index is 0.0438. The molecule has 0 unspecified atom stereocenters. The fraction of sp³-hybridized carbons (Fsp3) is 0.389. The van der Waals surface area contributed by atoms with E-state index in [4.69, 9.17) is 0 Å². The van der Waals surface area contributed by atoms with E-state index in [-0.39, 0.29) is 6.03 Å². The van der Waals surface area contributed by atoms with Gasteiger partial charge >= 0.3 is 6.03 Å². The molecule has 122 valence electrons. The van der Waals surface area contributed by atoms with Crippen LogP contribution in [0, 0.1) is 6.92 Å². The van der Waals surface area contributed by atoms with Crippen LogP contribution in [0.2, 0.25) is 0 Å². The van der Waals surface area contributed by atoms with E-state index in [1.807, 2.05) is 17.0 Å². The summed E-state index contributed by atoms with van der Waals surface area (Å²) < 4.78 is 0. The zero-order valence-corrected chi connectivity index (χ0v) is 14.3. The molecule has 2 amide bonds. The number of benzene rings is 1. The van der Waals surface area contributed by atoms with E-state index in [1.165, 1.54) is 10.4 Å². The van der Waals surface area contributed by atoms with Crippen molar-refractivity contribution in [3.63, 3.8) is 0 Å². The normalized spacial score (nSPS) is 15.6. The second kappa shape index (κ2) is 7.62. The van der Waals surface area contributed by atoms with Crippen molar-refractivity contribution in [3.8, 4) is 0 Å². The van der Waals surface area contributed by atoms with Gasteiger partial charge in [0.2, 0.25) is 0 Å². The van der Waals surface area contributed by atoms with Crippen LogP contribution in [-0.4, -0.2) is 42.0 Å². The highest BCUT2D eigenvalue weighted by atomic mass is 32.1. The van der Waals surface area contributed by atoms with E-state index >= 15 is 0 Å². The average Bonchev–Trinajstić information content (AvgIpc) is 3.06. The van der Waals surface area contributed by atoms with Crippen molar-refractivity contribution in [3.05, 3.63) is 57.8 Å². The molecule has 2 heterocycles. The molecule has 2 aromatic rings. The van der Waals surface area contributed by atoms with Crippen LogP contribution in [0.4, 0.5) is 4.79 Å². The fourth-order valence-electron chi connectivity index (χ4n) is 2.84. The third-order valence-electron chi connectivity index (χ3n) is 4.15. The Labute approximate surface area is 141 Å². The molecule has 1 aromatic carbocycles. The van der Waals surface area contributed by atoms with Gasteiger partial charge in [0.15, 0.2) is 0 Å². The van der Waals surface area contributed by atoms with E-state index in [0.29, 0.717) is 6.54 Å². The number of hydrogen-bond acceptors (Lipinski definition) is 3. The van der Waals surface area contributed by atoms with Gasteiger partial charge in [-0.15, -0.1) is 11.3 Å². The van der Waals surface area contributed by atoms with Crippen molar-refractivity contribution in [1.29, 1.82) is 0 Å². The van der Waals surface area contributed by atoms with Gasteiger partial charge in [0, 0.05) is 44.1 Å². The lowest BCUT2D eigenvalue weighted by molar-refractivity contribution is 0.135. The molecule has 3 rings (SSSR count). The maximum absolute atomic E-state index is 12.3. The summed E-state index contributed by atoms with van der Waals surface area (Å²) in [5.74, 6) is 0. The zero-order chi connectivity index (χ0) is 16.1. The average molecular weight is 329 g/mol. The van der Waals surface area contributed by atoms with Crippen LogP contribution in [0.3, 0.4) is 0 Å². The third kappa shape index (κ3) is 4.56. The minimum absolute atomic E-state index is 0.0438. The number of aryl methyl sites for hydroxylation is 1. The third-order valence-corrected chi connectivity index (χ3v) is 5.01. The standard InChI is InChI=1S/C18H23N3OS/c1-15-4-2-5-16(12-15)13-19-18(22)21-9-7-20(8-10-21)14-17-6-3-11-23-17/h2-6,11-12H,7-10,13-14H2,1H3,(H,19,22). The van der Waals surface area contributed by atoms with Crippen LogP contribution in [0.1, 0.15) is 16.0 Å². The maximum Gasteiger partial charge on any atom is 0.317 e. The van der Waals surface area contributed by atoms with Crippen LogP contribution in [-0.2, 0) is 13.1 Å². The Bertz CT molecular complexity index is 633. The van der Waals surface area contributed by atoms with E-state index in [9.17, 15) is 4.79 Å². The van der Waals surface area contributed by atoms with Crippen molar-refractivity contribution in [2.75, 3.05) is 26.2 Å². The van der Waals surface area contributed by atoms with Gasteiger partial charge in [0.1, 0.15) is 0 Å². The quantitative estimate of drug-likeness (QED) is 0.936. The molecule has 1 aliphatic rings. The summed E-state index contributed by atoms with van der Waals surface area (Å²) in [6.07, 6.45) is 0. The Hall–Kier alpha value is -1.85. The maximum atomic E-state index is 12.3. The Kier molecular flexibility index (Phi) is 5.31. The minimum Gasteiger partial charge on any atom is -0.334 e. The SMILES string of the molecule is Cc1cccc(CNC(=O)N2CCN(Cc3cccs3)CC2)c1. The number of thiophene rings is 1. The molecule has 1 aromatic heterocycles. The van der Waals surface area contributed by atoms with Crippen LogP contribution in [0.25, 0.3) is 0 Å². The number of urea groups is 1. The molecule has 1 N–H and O–H groups in total. The number of nitrogens with one attached hydrogen (secondary N) is 1. The molecule has 0 saturated carbocycles. The summed E-state index contributed by atoms with van der Waals surface area (Å²) in [4.78, 5) is 18.0. The van der Waals surface area contributed by atoms with Gasteiger partial charge in [-0.25, -0.2) is 4.79 Å². The summed E-state index contributed by atoms with van der Waals surface area (Å²) in [5.41, 5.74) is 2.37. The van der Waals surface area contributed by atoms with Crippen molar-refractivity contribution < 1.29 is 4.79 Å². The molecule has 0 aliphatic carbocycles. The molecule has 1 saturated heterocycles. The Balaban J connectivity index is 1.43. The molecule has 5 heteroatoms. The summed E-state index contributed by atoms with van der Waals surface area (Å²) in [7, 11) is 0. The van der Waals surface area contributed by atoms with Crippen LogP contribution in [0.5, 0.6) is 0 Å². The molecular weight excluding hydrogens is 306 g/mol. The van der Waals surface area contributed by atoms with Gasteiger partial charge in [-0.3, -0.25) is 4.90 Å². The summed E-state index contributed by atoms with van der Waals surface area (Å²) in [5, 5.41) is 5.14. The van der Waals surface area contributed by atoms with Crippen molar-refractivity contribution >= 4 is 17.4 Å². The molecular formula is C18H23N3OS. The van der Waals surface area contributed by atoms with Crippen molar-refractivity contribution in [2.45, 2.75) is 20.0 Å². The van der Waals surface area contributed by atoms with Crippen molar-refractivity contribution in [2.24, 2.45) is 0 Å². The number of hydrogen-bond donors (Lipinski definition) is 1. The van der Waals surface area contributed by atoms with Crippen LogP contribution < -0.4 is 5.32 Å². The van der Waals surface area contributed by atoms with Gasteiger partial charge in [-0.2, -0.15) is 0 Å². The Morgan fingerprint density at radius 1 is 1.17 bits per heavy atom. The number of carbonyl (C=O) groups is 1. The molecule has 23 heavy (non-hydrogen) atoms. The predicted molar refractivity (Wildman–Crippen MR) is 94.6 cm³/mol. The first-order valence-corrected chi connectivity index (χ1v) is 8.92. The molecule has 4 nitrogen and oxygen atoms in total. The van der Waals surface area contributed by atoms with Gasteiger partial charge in [0.25, 0.3) is 0 Å². The molecule has 0 atom stereocenters. The predicted octanol–water partition coefficient (Wildman–Crippen LogP) is 3.08. The van der Waals surface area contributed by atoms with Crippen LogP contribution >= 0.6 is 11.3 Å². The lowest BCUT2D eigenvalue weighted by Crippen LogP contribution is -2.51. The largest absolute Gasteiger partial charge is 0.334 e. The molecule has 0 bridgehead atoms. The number of carbonyl (C=O) groups excluding carboxylic acids is 1. The first kappa shape index (κ1) is 16.0. The van der Waals surface area contributed by atoms with E-state index in [1.54, 1.807) is 11.3 Å². The lowest BCUT2D eigenvalue weighted by Gasteiger charge is -2.34. The first-order chi connectivity index (χ1) is 11.2. The number of piperazine rings is 1. The summed E-state index contributed by atoms with van der Waals surface area (Å²) >= 11 is 1.80.